The first-order valence-electron chi connectivity index (χ1n) is 4.96. The van der Waals surface area contributed by atoms with Gasteiger partial charge in [0.25, 0.3) is 0 Å². The van der Waals surface area contributed by atoms with Crippen molar-refractivity contribution in [3.63, 3.8) is 0 Å². The molecule has 0 saturated carbocycles. The highest BCUT2D eigenvalue weighted by molar-refractivity contribution is 5.49. The van der Waals surface area contributed by atoms with E-state index in [4.69, 9.17) is 15.8 Å². The highest BCUT2D eigenvalue weighted by Gasteiger charge is 1.98. The first-order chi connectivity index (χ1) is 8.30. The van der Waals surface area contributed by atoms with E-state index in [1.54, 1.807) is 18.2 Å². The van der Waals surface area contributed by atoms with Gasteiger partial charge >= 0.3 is 0 Å². The van der Waals surface area contributed by atoms with Crippen LogP contribution < -0.4 is 0 Å². The van der Waals surface area contributed by atoms with E-state index in [1.165, 1.54) is 6.08 Å². The molecule has 0 bridgehead atoms. The first kappa shape index (κ1) is 12.2. The fourth-order valence-corrected chi connectivity index (χ4v) is 1.25. The Kier molecular flexibility index (Phi) is 4.76. The predicted molar refractivity (Wildman–Crippen MR) is 64.0 cm³/mol. The maximum atomic E-state index is 8.92. The van der Waals surface area contributed by atoms with Gasteiger partial charge in [-0.2, -0.15) is 15.8 Å². The Morgan fingerprint density at radius 2 is 1.82 bits per heavy atom. The zero-order valence-corrected chi connectivity index (χ0v) is 9.09. The molecule has 1 aliphatic rings. The van der Waals surface area contributed by atoms with Crippen LogP contribution in [0, 0.1) is 34.0 Å². The number of hydrogen-bond acceptors (Lipinski definition) is 3. The van der Waals surface area contributed by atoms with Gasteiger partial charge < -0.3 is 0 Å². The molecule has 3 nitrogen and oxygen atoms in total. The Labute approximate surface area is 100 Å². The first-order valence-corrected chi connectivity index (χ1v) is 4.96. The van der Waals surface area contributed by atoms with Gasteiger partial charge in [-0.15, -0.1) is 0 Å². The molecule has 0 fully saturated rings. The van der Waals surface area contributed by atoms with Crippen molar-refractivity contribution >= 4 is 0 Å². The SMILES string of the molecule is N#CC(C#N)=C/C(C#N)=C/C1=CC=CC=CC1. The second-order valence-electron chi connectivity index (χ2n) is 3.25. The predicted octanol–water partition coefficient (Wildman–Crippen LogP) is 2.85. The minimum Gasteiger partial charge on any atom is -0.192 e. The molecular weight excluding hydrogens is 210 g/mol. The van der Waals surface area contributed by atoms with E-state index in [9.17, 15) is 0 Å². The van der Waals surface area contributed by atoms with E-state index in [0.717, 1.165) is 12.0 Å². The number of rotatable bonds is 2. The van der Waals surface area contributed by atoms with Crippen molar-refractivity contribution in [3.05, 3.63) is 59.3 Å². The Hall–Kier alpha value is -2.83. The summed E-state index contributed by atoms with van der Waals surface area (Å²) in [7, 11) is 0. The van der Waals surface area contributed by atoms with Crippen LogP contribution in [0.1, 0.15) is 6.42 Å². The molecular formula is C14H9N3. The lowest BCUT2D eigenvalue weighted by molar-refractivity contribution is 1.28. The van der Waals surface area contributed by atoms with Gasteiger partial charge in [0.2, 0.25) is 0 Å². The van der Waals surface area contributed by atoms with Crippen LogP contribution in [-0.2, 0) is 0 Å². The van der Waals surface area contributed by atoms with Crippen LogP contribution >= 0.6 is 0 Å². The fraction of sp³-hybridized carbons (Fsp3) is 0.0714. The molecule has 0 heterocycles. The van der Waals surface area contributed by atoms with E-state index in [-0.39, 0.29) is 5.57 Å². The fourth-order valence-electron chi connectivity index (χ4n) is 1.25. The van der Waals surface area contributed by atoms with Gasteiger partial charge in [0.1, 0.15) is 17.7 Å². The minimum absolute atomic E-state index is 0.0712. The molecule has 0 aromatic carbocycles. The standard InChI is InChI=1S/C14H9N3/c15-9-13(8-14(10-16)11-17)7-12-5-3-1-2-4-6-12/h1-5,7-8H,6H2/b13-7-. The van der Waals surface area contributed by atoms with Crippen molar-refractivity contribution in [2.24, 2.45) is 0 Å². The zero-order valence-electron chi connectivity index (χ0n) is 9.09. The second-order valence-corrected chi connectivity index (χ2v) is 3.25. The molecule has 0 atom stereocenters. The molecule has 3 heteroatoms. The van der Waals surface area contributed by atoms with Crippen molar-refractivity contribution in [1.82, 2.24) is 0 Å². The molecule has 0 saturated heterocycles. The monoisotopic (exact) mass is 219 g/mol. The van der Waals surface area contributed by atoms with Crippen LogP contribution in [0.4, 0.5) is 0 Å². The van der Waals surface area contributed by atoms with Crippen LogP contribution in [0.15, 0.2) is 59.3 Å². The third kappa shape index (κ3) is 4.04. The Balaban J connectivity index is 3.01. The van der Waals surface area contributed by atoms with Gasteiger partial charge in [0, 0.05) is 0 Å². The average molecular weight is 219 g/mol. The molecule has 1 aliphatic carbocycles. The summed E-state index contributed by atoms with van der Waals surface area (Å²) in [6, 6.07) is 5.42. The molecule has 1 rings (SSSR count). The minimum atomic E-state index is -0.0712. The van der Waals surface area contributed by atoms with Gasteiger partial charge in [-0.25, -0.2) is 0 Å². The smallest absolute Gasteiger partial charge is 0.130 e. The van der Waals surface area contributed by atoms with E-state index < -0.39 is 0 Å². The van der Waals surface area contributed by atoms with E-state index in [2.05, 4.69) is 0 Å². The van der Waals surface area contributed by atoms with Crippen molar-refractivity contribution in [1.29, 1.82) is 15.8 Å². The molecule has 0 radical (unpaired) electrons. The lowest BCUT2D eigenvalue weighted by Gasteiger charge is -1.95. The van der Waals surface area contributed by atoms with Gasteiger partial charge in [-0.05, 0) is 24.1 Å². The molecule has 0 aliphatic heterocycles. The molecule has 0 spiro atoms. The molecule has 0 amide bonds. The van der Waals surface area contributed by atoms with Crippen LogP contribution in [0.25, 0.3) is 0 Å². The summed E-state index contributed by atoms with van der Waals surface area (Å²) in [5.41, 5.74) is 1.19. The highest BCUT2D eigenvalue weighted by Crippen LogP contribution is 2.12. The van der Waals surface area contributed by atoms with Gasteiger partial charge in [-0.3, -0.25) is 0 Å². The molecule has 17 heavy (non-hydrogen) atoms. The van der Waals surface area contributed by atoms with Gasteiger partial charge in [0.15, 0.2) is 0 Å². The van der Waals surface area contributed by atoms with Gasteiger partial charge in [-0.1, -0.05) is 30.4 Å². The van der Waals surface area contributed by atoms with Crippen molar-refractivity contribution in [2.45, 2.75) is 6.42 Å². The summed E-state index contributed by atoms with van der Waals surface area (Å²) >= 11 is 0. The zero-order chi connectivity index (χ0) is 12.5. The molecule has 0 N–H and O–H groups in total. The molecule has 80 valence electrons. The van der Waals surface area contributed by atoms with Crippen molar-refractivity contribution in [2.75, 3.05) is 0 Å². The quantitative estimate of drug-likeness (QED) is 0.529. The molecule has 0 aromatic heterocycles. The average Bonchev–Trinajstić information content (AvgIpc) is 2.62. The maximum Gasteiger partial charge on any atom is 0.130 e. The Morgan fingerprint density at radius 3 is 2.47 bits per heavy atom. The lowest BCUT2D eigenvalue weighted by atomic mass is 10.1. The van der Waals surface area contributed by atoms with E-state index in [1.807, 2.05) is 36.4 Å². The topological polar surface area (TPSA) is 71.4 Å². The maximum absolute atomic E-state index is 8.92. The summed E-state index contributed by atoms with van der Waals surface area (Å²) in [6.07, 6.45) is 13.3. The summed E-state index contributed by atoms with van der Waals surface area (Å²) in [5.74, 6) is 0. The molecule has 0 unspecified atom stereocenters. The van der Waals surface area contributed by atoms with Crippen molar-refractivity contribution in [3.8, 4) is 18.2 Å². The number of nitriles is 3. The Morgan fingerprint density at radius 1 is 1.06 bits per heavy atom. The summed E-state index contributed by atoms with van der Waals surface area (Å²) in [4.78, 5) is 0. The van der Waals surface area contributed by atoms with Crippen LogP contribution in [-0.4, -0.2) is 0 Å². The van der Waals surface area contributed by atoms with Crippen molar-refractivity contribution < 1.29 is 0 Å². The van der Waals surface area contributed by atoms with Crippen LogP contribution in [0.5, 0.6) is 0 Å². The van der Waals surface area contributed by atoms with Crippen LogP contribution in [0.2, 0.25) is 0 Å². The van der Waals surface area contributed by atoms with Crippen LogP contribution in [0.3, 0.4) is 0 Å². The largest absolute Gasteiger partial charge is 0.192 e. The summed E-state index contributed by atoms with van der Waals surface area (Å²) in [6.45, 7) is 0. The second kappa shape index (κ2) is 6.62. The van der Waals surface area contributed by atoms with E-state index in [0.29, 0.717) is 5.57 Å². The third-order valence-corrected chi connectivity index (χ3v) is 2.03. The highest BCUT2D eigenvalue weighted by atomic mass is 14.3. The summed E-state index contributed by atoms with van der Waals surface area (Å²) in [5, 5.41) is 26.1. The van der Waals surface area contributed by atoms with Gasteiger partial charge in [0.05, 0.1) is 11.6 Å². The third-order valence-electron chi connectivity index (χ3n) is 2.03. The van der Waals surface area contributed by atoms with E-state index >= 15 is 0 Å². The normalized spacial score (nSPS) is 13.7. The number of allylic oxidation sites excluding steroid dienone is 10. The Bertz CT molecular complexity index is 548. The molecule has 0 aromatic rings. The number of nitrogens with zero attached hydrogens (tertiary/aromatic N) is 3. The summed E-state index contributed by atoms with van der Waals surface area (Å²) < 4.78 is 0. The number of hydrogen-bond donors (Lipinski definition) is 0. The lowest BCUT2D eigenvalue weighted by Crippen LogP contribution is -1.81.